The zero-order valence-electron chi connectivity index (χ0n) is 15.6. The fraction of sp³-hybridized carbons (Fsp3) is 0.600. The summed E-state index contributed by atoms with van der Waals surface area (Å²) in [7, 11) is 0. The van der Waals surface area contributed by atoms with E-state index in [9.17, 15) is 14.3 Å². The molecular weight excluding hydrogens is 335 g/mol. The van der Waals surface area contributed by atoms with E-state index in [1.54, 1.807) is 29.8 Å². The third kappa shape index (κ3) is 5.61. The van der Waals surface area contributed by atoms with Gasteiger partial charge < -0.3 is 9.84 Å². The topological polar surface area (TPSA) is 52.8 Å². The van der Waals surface area contributed by atoms with Crippen LogP contribution in [0.2, 0.25) is 0 Å². The number of carbonyl (C=O) groups excluding carboxylic acids is 1. The quantitative estimate of drug-likeness (QED) is 0.831. The molecule has 1 aromatic carbocycles. The van der Waals surface area contributed by atoms with Crippen molar-refractivity contribution in [1.29, 1.82) is 0 Å². The summed E-state index contributed by atoms with van der Waals surface area (Å²) in [5.74, 6) is -0.315. The minimum absolute atomic E-state index is 0. The van der Waals surface area contributed by atoms with Gasteiger partial charge in [0.05, 0.1) is 19.2 Å². The van der Waals surface area contributed by atoms with E-state index in [2.05, 4.69) is 4.90 Å². The summed E-state index contributed by atoms with van der Waals surface area (Å²) >= 11 is 0. The molecule has 0 radical (unpaired) electrons. The number of aliphatic hydroxyl groups is 1. The van der Waals surface area contributed by atoms with Gasteiger partial charge in [-0.25, -0.2) is 4.39 Å². The minimum Gasteiger partial charge on any atom is -0.406 e. The van der Waals surface area contributed by atoms with Gasteiger partial charge in [-0.15, -0.1) is 4.58 Å². The number of aryl methyl sites for hydroxylation is 1. The number of halogens is 1. The van der Waals surface area contributed by atoms with Gasteiger partial charge in [-0.1, -0.05) is 19.6 Å². The smallest absolute Gasteiger partial charge is 0.406 e. The van der Waals surface area contributed by atoms with E-state index in [1.807, 2.05) is 27.7 Å². The van der Waals surface area contributed by atoms with Gasteiger partial charge in [-0.2, -0.15) is 4.79 Å². The normalized spacial score (nSPS) is 17.7. The summed E-state index contributed by atoms with van der Waals surface area (Å²) in [5, 5.41) is 10.6. The third-order valence-electron chi connectivity index (χ3n) is 4.36. The predicted molar refractivity (Wildman–Crippen MR) is 101 cm³/mol. The van der Waals surface area contributed by atoms with Crippen molar-refractivity contribution in [2.75, 3.05) is 19.6 Å². The molecule has 1 amide bonds. The molecular formula is C20H32FN2O3+. The molecule has 2 atom stereocenters. The lowest BCUT2D eigenvalue weighted by Gasteiger charge is -2.32. The van der Waals surface area contributed by atoms with Gasteiger partial charge in [-0.05, 0) is 51.8 Å². The average Bonchev–Trinajstić information content (AvgIpc) is 2.54. The molecule has 0 saturated carbocycles. The Bertz CT molecular complexity index is 668. The maximum Gasteiger partial charge on any atom is 0.596 e. The number of ether oxygens (including phenoxy) is 1. The number of carbonyl (C=O) groups is 1. The summed E-state index contributed by atoms with van der Waals surface area (Å²) < 4.78 is 20.7. The van der Waals surface area contributed by atoms with E-state index in [0.717, 1.165) is 0 Å². The number of rotatable bonds is 3. The van der Waals surface area contributed by atoms with Gasteiger partial charge in [0, 0.05) is 6.04 Å². The van der Waals surface area contributed by atoms with Crippen LogP contribution in [0.4, 0.5) is 9.18 Å². The standard InChI is InChI=1S/C19H28FN2O3.CH4/c1-13-6-7-15(12-16(13)20)17(23)14(2)21-8-10-22(11-9-21)18(24)25-19(3,4)5;/h6-7,10,12,14,17,23H,8-9,11H2,1-5H3;1H4/q+1;. The van der Waals surface area contributed by atoms with Crippen LogP contribution in [0.3, 0.4) is 0 Å². The Kier molecular flexibility index (Phi) is 7.47. The summed E-state index contributed by atoms with van der Waals surface area (Å²) in [6.45, 7) is 10.7. The molecule has 146 valence electrons. The summed E-state index contributed by atoms with van der Waals surface area (Å²) in [5.41, 5.74) is 0.592. The number of hydrogen-bond donors (Lipinski definition) is 1. The van der Waals surface area contributed by atoms with Crippen molar-refractivity contribution in [3.8, 4) is 0 Å². The highest BCUT2D eigenvalue weighted by Gasteiger charge is 2.32. The molecule has 2 rings (SSSR count). The first-order chi connectivity index (χ1) is 11.6. The Hall–Kier alpha value is -1.79. The Balaban J connectivity index is 0.00000338. The maximum absolute atomic E-state index is 13.7. The molecule has 0 saturated heterocycles. The van der Waals surface area contributed by atoms with Crippen LogP contribution in [0.5, 0.6) is 0 Å². The highest BCUT2D eigenvalue weighted by Crippen LogP contribution is 2.23. The van der Waals surface area contributed by atoms with Crippen LogP contribution in [-0.4, -0.2) is 58.2 Å². The molecule has 1 aliphatic rings. The van der Waals surface area contributed by atoms with Crippen molar-refractivity contribution in [1.82, 2.24) is 4.90 Å². The first-order valence-corrected chi connectivity index (χ1v) is 8.59. The largest absolute Gasteiger partial charge is 0.596 e. The second-order valence-corrected chi connectivity index (χ2v) is 7.55. The van der Waals surface area contributed by atoms with Crippen LogP contribution < -0.4 is 0 Å². The number of hydrogen-bond acceptors (Lipinski definition) is 4. The lowest BCUT2D eigenvalue weighted by molar-refractivity contribution is -0.454. The molecule has 0 spiro atoms. The summed E-state index contributed by atoms with van der Waals surface area (Å²) in [4.78, 5) is 14.1. The SMILES string of the molecule is C.Cc1ccc(C(O)C(C)N2CC=[N+](C(=O)OC(C)(C)C)CC2)cc1F. The fourth-order valence-corrected chi connectivity index (χ4v) is 2.75. The average molecular weight is 367 g/mol. The van der Waals surface area contributed by atoms with Crippen molar-refractivity contribution >= 4 is 12.3 Å². The van der Waals surface area contributed by atoms with E-state index in [0.29, 0.717) is 30.8 Å². The van der Waals surface area contributed by atoms with Gasteiger partial charge >= 0.3 is 6.09 Å². The van der Waals surface area contributed by atoms with Crippen LogP contribution in [0.1, 0.15) is 52.4 Å². The van der Waals surface area contributed by atoms with Crippen molar-refractivity contribution < 1.29 is 23.6 Å². The Morgan fingerprint density at radius 2 is 2.04 bits per heavy atom. The molecule has 2 unspecified atom stereocenters. The molecule has 5 nitrogen and oxygen atoms in total. The van der Waals surface area contributed by atoms with E-state index in [1.165, 1.54) is 6.07 Å². The van der Waals surface area contributed by atoms with E-state index < -0.39 is 11.7 Å². The summed E-state index contributed by atoms with van der Waals surface area (Å²) in [6, 6.07) is 4.61. The molecule has 1 heterocycles. The predicted octanol–water partition coefficient (Wildman–Crippen LogP) is 3.53. The van der Waals surface area contributed by atoms with Gasteiger partial charge in [0.2, 0.25) is 0 Å². The molecule has 0 bridgehead atoms. The van der Waals surface area contributed by atoms with Gasteiger partial charge in [0.15, 0.2) is 12.8 Å². The number of nitrogens with zero attached hydrogens (tertiary/aromatic N) is 2. The molecule has 1 aromatic rings. The first kappa shape index (κ1) is 22.3. The van der Waals surface area contributed by atoms with Crippen LogP contribution in [0.15, 0.2) is 18.2 Å². The van der Waals surface area contributed by atoms with E-state index in [4.69, 9.17) is 4.74 Å². The lowest BCUT2D eigenvalue weighted by atomic mass is 10.0. The molecule has 0 aliphatic carbocycles. The van der Waals surface area contributed by atoms with Gasteiger partial charge in [0.1, 0.15) is 11.4 Å². The van der Waals surface area contributed by atoms with Crippen LogP contribution in [0, 0.1) is 12.7 Å². The van der Waals surface area contributed by atoms with E-state index in [-0.39, 0.29) is 25.4 Å². The van der Waals surface area contributed by atoms with Crippen LogP contribution in [0.25, 0.3) is 0 Å². The molecule has 0 fully saturated rings. The van der Waals surface area contributed by atoms with Crippen molar-refractivity contribution in [3.63, 3.8) is 0 Å². The highest BCUT2D eigenvalue weighted by atomic mass is 19.1. The van der Waals surface area contributed by atoms with Gasteiger partial charge in [0.25, 0.3) is 0 Å². The highest BCUT2D eigenvalue weighted by molar-refractivity contribution is 5.67. The van der Waals surface area contributed by atoms with Crippen LogP contribution in [-0.2, 0) is 4.74 Å². The number of amides is 1. The Morgan fingerprint density at radius 3 is 2.54 bits per heavy atom. The Labute approximate surface area is 156 Å². The van der Waals surface area contributed by atoms with Crippen LogP contribution >= 0.6 is 0 Å². The second-order valence-electron chi connectivity index (χ2n) is 7.55. The second kappa shape index (κ2) is 8.73. The first-order valence-electron chi connectivity index (χ1n) is 8.59. The lowest BCUT2D eigenvalue weighted by Crippen LogP contribution is -2.48. The maximum atomic E-state index is 13.7. The number of aliphatic hydroxyl groups excluding tert-OH is 1. The monoisotopic (exact) mass is 367 g/mol. The van der Waals surface area contributed by atoms with Gasteiger partial charge in [-0.3, -0.25) is 4.90 Å². The van der Waals surface area contributed by atoms with Crippen molar-refractivity contribution in [2.24, 2.45) is 0 Å². The number of benzene rings is 1. The Morgan fingerprint density at radius 1 is 1.38 bits per heavy atom. The van der Waals surface area contributed by atoms with Crippen molar-refractivity contribution in [3.05, 3.63) is 35.1 Å². The van der Waals surface area contributed by atoms with E-state index >= 15 is 0 Å². The third-order valence-corrected chi connectivity index (χ3v) is 4.36. The van der Waals surface area contributed by atoms with Crippen molar-refractivity contribution in [2.45, 2.75) is 59.8 Å². The molecule has 1 aliphatic heterocycles. The minimum atomic E-state index is -0.795. The molecule has 0 aromatic heterocycles. The molecule has 1 N–H and O–H groups in total. The summed E-state index contributed by atoms with van der Waals surface area (Å²) in [6.07, 6.45) is 0.619. The molecule has 6 heteroatoms. The molecule has 26 heavy (non-hydrogen) atoms. The zero-order chi connectivity index (χ0) is 18.8. The fourth-order valence-electron chi connectivity index (χ4n) is 2.75. The zero-order valence-corrected chi connectivity index (χ0v) is 15.6.